The highest BCUT2D eigenvalue weighted by molar-refractivity contribution is 8.26. The number of piperidine rings is 1. The Labute approximate surface area is 186 Å². The minimum atomic E-state index is -0.306. The number of thioether (sulfide) groups is 1. The van der Waals surface area contributed by atoms with Crippen LogP contribution in [0.25, 0.3) is 6.08 Å². The van der Waals surface area contributed by atoms with Crippen LogP contribution in [0.2, 0.25) is 0 Å². The van der Waals surface area contributed by atoms with E-state index < -0.39 is 0 Å². The quantitative estimate of drug-likeness (QED) is 0.378. The highest BCUT2D eigenvalue weighted by Crippen LogP contribution is 2.36. The molecule has 3 heterocycles. The van der Waals surface area contributed by atoms with E-state index in [1.54, 1.807) is 36.6 Å². The number of aromatic nitrogens is 1. The summed E-state index contributed by atoms with van der Waals surface area (Å²) in [6, 6.07) is 2.04. The Hall–Kier alpha value is -2.15. The lowest BCUT2D eigenvalue weighted by Crippen LogP contribution is -2.36. The van der Waals surface area contributed by atoms with Gasteiger partial charge in [0.15, 0.2) is 0 Å². The van der Waals surface area contributed by atoms with Gasteiger partial charge in [0.1, 0.15) is 21.8 Å². The summed E-state index contributed by atoms with van der Waals surface area (Å²) in [6.45, 7) is 4.53. The van der Waals surface area contributed by atoms with Crippen molar-refractivity contribution in [2.24, 2.45) is 7.05 Å². The third-order valence-electron chi connectivity index (χ3n) is 5.50. The van der Waals surface area contributed by atoms with Gasteiger partial charge in [-0.3, -0.25) is 19.1 Å². The molecule has 0 aromatic carbocycles. The first-order chi connectivity index (χ1) is 14.4. The van der Waals surface area contributed by atoms with Crippen molar-refractivity contribution in [2.75, 3.05) is 38.3 Å². The topological polar surface area (TPSA) is 78.6 Å². The molecular formula is C21H26N4O3S2. The highest BCUT2D eigenvalue weighted by atomic mass is 32.2. The Morgan fingerprint density at radius 3 is 2.60 bits per heavy atom. The maximum absolute atomic E-state index is 13.0. The van der Waals surface area contributed by atoms with E-state index in [1.807, 2.05) is 6.07 Å². The summed E-state index contributed by atoms with van der Waals surface area (Å²) in [7, 11) is 3.32. The second kappa shape index (κ2) is 9.77. The molecule has 0 N–H and O–H groups in total. The fourth-order valence-electron chi connectivity index (χ4n) is 3.89. The van der Waals surface area contributed by atoms with Gasteiger partial charge in [-0.2, -0.15) is 5.26 Å². The van der Waals surface area contributed by atoms with E-state index in [4.69, 9.17) is 17.0 Å². The number of nitriles is 1. The second-order valence-electron chi connectivity index (χ2n) is 7.44. The third kappa shape index (κ3) is 4.31. The van der Waals surface area contributed by atoms with E-state index in [2.05, 4.69) is 4.90 Å². The van der Waals surface area contributed by atoms with Gasteiger partial charge in [0.25, 0.3) is 11.5 Å². The lowest BCUT2D eigenvalue weighted by Gasteiger charge is -2.32. The maximum atomic E-state index is 13.0. The smallest absolute Gasteiger partial charge is 0.270 e. The van der Waals surface area contributed by atoms with E-state index in [0.29, 0.717) is 34.4 Å². The van der Waals surface area contributed by atoms with Gasteiger partial charge in [-0.25, -0.2) is 0 Å². The highest BCUT2D eigenvalue weighted by Gasteiger charge is 2.33. The van der Waals surface area contributed by atoms with Crippen LogP contribution >= 0.6 is 24.0 Å². The van der Waals surface area contributed by atoms with Crippen LogP contribution in [0, 0.1) is 18.3 Å². The molecule has 0 saturated carbocycles. The number of rotatable bonds is 6. The van der Waals surface area contributed by atoms with Crippen molar-refractivity contribution in [3.63, 3.8) is 0 Å². The molecular weight excluding hydrogens is 420 g/mol. The maximum Gasteiger partial charge on any atom is 0.270 e. The van der Waals surface area contributed by atoms with Crippen LogP contribution in [-0.4, -0.2) is 53.0 Å². The first kappa shape index (κ1) is 22.5. The number of pyridine rings is 1. The molecule has 160 valence electrons. The average Bonchev–Trinajstić information content (AvgIpc) is 3.01. The summed E-state index contributed by atoms with van der Waals surface area (Å²) >= 11 is 6.68. The number of amides is 1. The molecule has 0 bridgehead atoms. The number of ether oxygens (including phenoxy) is 1. The number of carbonyl (C=O) groups excluding carboxylic acids is 1. The molecule has 0 spiro atoms. The summed E-state index contributed by atoms with van der Waals surface area (Å²) in [6.07, 6.45) is 5.76. The molecule has 2 aliphatic heterocycles. The first-order valence-corrected chi connectivity index (χ1v) is 11.3. The normalized spacial score (nSPS) is 18.4. The standard InChI is InChI=1S/C21H26N4O3S2/c1-14-15(12-17-20(27)25(21(29)30-17)10-7-11-28-3)18(24-8-5-4-6-9-24)23(2)19(26)16(14)13-22/h12H,4-11H2,1-3H3. The van der Waals surface area contributed by atoms with Gasteiger partial charge >= 0.3 is 0 Å². The zero-order valence-corrected chi connectivity index (χ0v) is 19.2. The number of thiocarbonyl (C=S) groups is 1. The van der Waals surface area contributed by atoms with Crippen molar-refractivity contribution in [3.8, 4) is 6.07 Å². The van der Waals surface area contributed by atoms with Gasteiger partial charge in [-0.15, -0.1) is 0 Å². The lowest BCUT2D eigenvalue weighted by molar-refractivity contribution is -0.122. The Morgan fingerprint density at radius 2 is 1.97 bits per heavy atom. The number of methoxy groups -OCH3 is 1. The van der Waals surface area contributed by atoms with Gasteiger partial charge in [-0.1, -0.05) is 24.0 Å². The average molecular weight is 447 g/mol. The zero-order valence-electron chi connectivity index (χ0n) is 17.6. The van der Waals surface area contributed by atoms with E-state index >= 15 is 0 Å². The number of hydrogen-bond donors (Lipinski definition) is 0. The number of carbonyl (C=O) groups is 1. The Bertz CT molecular complexity index is 987. The minimum Gasteiger partial charge on any atom is -0.385 e. The van der Waals surface area contributed by atoms with Gasteiger partial charge in [0, 0.05) is 46.0 Å². The molecule has 1 amide bonds. The van der Waals surface area contributed by atoms with Crippen LogP contribution < -0.4 is 10.5 Å². The van der Waals surface area contributed by atoms with Crippen LogP contribution in [0.1, 0.15) is 42.4 Å². The molecule has 1 aromatic heterocycles. The molecule has 2 aliphatic rings. The van der Waals surface area contributed by atoms with Crippen molar-refractivity contribution < 1.29 is 9.53 Å². The minimum absolute atomic E-state index is 0.111. The third-order valence-corrected chi connectivity index (χ3v) is 6.88. The Balaban J connectivity index is 2.07. The molecule has 1 aromatic rings. The molecule has 2 saturated heterocycles. The SMILES string of the molecule is COCCCN1C(=O)C(=Cc2c(C)c(C#N)c(=O)n(C)c2N2CCCCC2)SC1=S. The summed E-state index contributed by atoms with van der Waals surface area (Å²) < 4.78 is 7.13. The van der Waals surface area contributed by atoms with E-state index in [0.717, 1.165) is 43.7 Å². The predicted molar refractivity (Wildman–Crippen MR) is 124 cm³/mol. The molecule has 30 heavy (non-hydrogen) atoms. The van der Waals surface area contributed by atoms with Crippen LogP contribution in [0.4, 0.5) is 5.82 Å². The monoisotopic (exact) mass is 446 g/mol. The van der Waals surface area contributed by atoms with Crippen LogP contribution in [0.3, 0.4) is 0 Å². The lowest BCUT2D eigenvalue weighted by atomic mass is 10.0. The first-order valence-electron chi connectivity index (χ1n) is 10.0. The van der Waals surface area contributed by atoms with Crippen LogP contribution in [0.15, 0.2) is 9.70 Å². The second-order valence-corrected chi connectivity index (χ2v) is 9.12. The Kier molecular flexibility index (Phi) is 7.34. The van der Waals surface area contributed by atoms with Gasteiger partial charge in [0.2, 0.25) is 0 Å². The Morgan fingerprint density at radius 1 is 1.27 bits per heavy atom. The molecule has 3 rings (SSSR count). The molecule has 9 heteroatoms. The van der Waals surface area contributed by atoms with Crippen molar-refractivity contribution in [1.29, 1.82) is 5.26 Å². The predicted octanol–water partition coefficient (Wildman–Crippen LogP) is 2.79. The van der Waals surface area contributed by atoms with Gasteiger partial charge < -0.3 is 9.64 Å². The molecule has 0 atom stereocenters. The van der Waals surface area contributed by atoms with Crippen LogP contribution in [0.5, 0.6) is 0 Å². The summed E-state index contributed by atoms with van der Waals surface area (Å²) in [5.74, 6) is 0.623. The van der Waals surface area contributed by atoms with E-state index in [-0.39, 0.29) is 17.0 Å². The molecule has 0 unspecified atom stereocenters. The summed E-state index contributed by atoms with van der Waals surface area (Å²) in [5.41, 5.74) is 1.15. The fourth-order valence-corrected chi connectivity index (χ4v) is 5.18. The summed E-state index contributed by atoms with van der Waals surface area (Å²) in [5, 5.41) is 9.56. The molecule has 7 nitrogen and oxygen atoms in total. The van der Waals surface area contributed by atoms with E-state index in [9.17, 15) is 14.9 Å². The molecule has 0 aliphatic carbocycles. The number of hydrogen-bond acceptors (Lipinski definition) is 7. The fraction of sp³-hybridized carbons (Fsp3) is 0.524. The number of nitrogens with zero attached hydrogens (tertiary/aromatic N) is 4. The van der Waals surface area contributed by atoms with Gasteiger partial charge in [-0.05, 0) is 44.2 Å². The molecule has 0 radical (unpaired) electrons. The molecule has 2 fully saturated rings. The zero-order chi connectivity index (χ0) is 21.8. The van der Waals surface area contributed by atoms with Crippen molar-refractivity contribution in [3.05, 3.63) is 31.9 Å². The van der Waals surface area contributed by atoms with Crippen molar-refractivity contribution >= 4 is 46.1 Å². The van der Waals surface area contributed by atoms with Crippen molar-refractivity contribution in [2.45, 2.75) is 32.6 Å². The van der Waals surface area contributed by atoms with Crippen molar-refractivity contribution in [1.82, 2.24) is 9.47 Å². The van der Waals surface area contributed by atoms with Crippen LogP contribution in [-0.2, 0) is 16.6 Å². The number of anilines is 1. The van der Waals surface area contributed by atoms with Gasteiger partial charge in [0.05, 0.1) is 4.91 Å². The van der Waals surface area contributed by atoms with E-state index in [1.165, 1.54) is 11.8 Å². The summed E-state index contributed by atoms with van der Waals surface area (Å²) in [4.78, 5) is 30.0. The largest absolute Gasteiger partial charge is 0.385 e.